The molecule has 1 aliphatic heterocycles. The molecule has 1 atom stereocenters. The second-order valence-electron chi connectivity index (χ2n) is 10.4. The van der Waals surface area contributed by atoms with Gasteiger partial charge in [0.15, 0.2) is 11.2 Å². The highest BCUT2D eigenvalue weighted by atomic mass is 32.1. The van der Waals surface area contributed by atoms with Crippen LogP contribution in [0.25, 0.3) is 21.7 Å². The van der Waals surface area contributed by atoms with Crippen LogP contribution in [-0.2, 0) is 28.7 Å². The summed E-state index contributed by atoms with van der Waals surface area (Å²) >= 11 is 1.19. The topological polar surface area (TPSA) is 150 Å². The number of nitrogens with zero attached hydrogens (tertiary/aromatic N) is 8. The summed E-state index contributed by atoms with van der Waals surface area (Å²) in [5.41, 5.74) is -1.93. The molecule has 17 heteroatoms. The summed E-state index contributed by atoms with van der Waals surface area (Å²) < 4.78 is 43.4. The maximum atomic E-state index is 13.5. The lowest BCUT2D eigenvalue weighted by Crippen LogP contribution is -2.42. The van der Waals surface area contributed by atoms with Crippen LogP contribution in [0.5, 0.6) is 0 Å². The van der Waals surface area contributed by atoms with Gasteiger partial charge in [-0.15, -0.1) is 11.3 Å². The van der Waals surface area contributed by atoms with Crippen LogP contribution in [0.2, 0.25) is 0 Å². The molecule has 1 aliphatic carbocycles. The molecule has 1 N–H and O–H groups in total. The average Bonchev–Trinajstić information content (AvgIpc) is 3.30. The van der Waals surface area contributed by atoms with E-state index in [-0.39, 0.29) is 41.7 Å². The number of hydrogen-bond acceptors (Lipinski definition) is 10. The SMILES string of the molecule is CC(=O)Cn1c(=O)c2c(ncn2C2(C(=O)Nc3csc(-c4cnc(N5CCC[C@H]5C(F)(F)F)nc4)n3)CC2)n(C)c1=O. The van der Waals surface area contributed by atoms with Crippen LogP contribution < -0.4 is 21.5 Å². The van der Waals surface area contributed by atoms with Gasteiger partial charge in [-0.25, -0.2) is 24.7 Å². The number of imidazole rings is 1. The van der Waals surface area contributed by atoms with Crippen molar-refractivity contribution in [1.82, 2.24) is 33.6 Å². The van der Waals surface area contributed by atoms with E-state index in [2.05, 4.69) is 25.3 Å². The molecule has 220 valence electrons. The van der Waals surface area contributed by atoms with E-state index >= 15 is 0 Å². The molecule has 0 spiro atoms. The summed E-state index contributed by atoms with van der Waals surface area (Å²) in [6, 6.07) is -1.62. The standard InChI is InChI=1S/C25H24F3N9O4S/c1-13(38)10-36-20(39)17-18(34(2)23(36)41)31-12-37(17)24(5-6-24)21(40)33-16-11-42-19(32-16)14-8-29-22(30-9-14)35-7-3-4-15(35)25(26,27)28/h8-9,11-12,15H,3-7,10H2,1-2H3,(H,33,40)/t15-/m0/s1. The van der Waals surface area contributed by atoms with Crippen molar-refractivity contribution >= 4 is 46.0 Å². The molecule has 0 bridgehead atoms. The maximum Gasteiger partial charge on any atom is 0.408 e. The maximum absolute atomic E-state index is 13.5. The number of anilines is 2. The summed E-state index contributed by atoms with van der Waals surface area (Å²) in [5.74, 6) is -0.590. The lowest BCUT2D eigenvalue weighted by molar-refractivity contribution is -0.146. The zero-order valence-electron chi connectivity index (χ0n) is 22.4. The van der Waals surface area contributed by atoms with Gasteiger partial charge in [0.25, 0.3) is 11.5 Å². The fourth-order valence-electron chi connectivity index (χ4n) is 5.27. The van der Waals surface area contributed by atoms with Gasteiger partial charge in [0.1, 0.15) is 28.2 Å². The second kappa shape index (κ2) is 9.85. The summed E-state index contributed by atoms with van der Waals surface area (Å²) in [6.45, 7) is 1.08. The molecule has 0 radical (unpaired) electrons. The third-order valence-electron chi connectivity index (χ3n) is 7.54. The summed E-state index contributed by atoms with van der Waals surface area (Å²) in [6.07, 6.45) is 0.961. The van der Waals surface area contributed by atoms with E-state index in [1.54, 1.807) is 5.38 Å². The molecule has 2 fully saturated rings. The predicted octanol–water partition coefficient (Wildman–Crippen LogP) is 2.06. The van der Waals surface area contributed by atoms with Crippen LogP contribution >= 0.6 is 11.3 Å². The quantitative estimate of drug-likeness (QED) is 0.335. The van der Waals surface area contributed by atoms with Crippen molar-refractivity contribution in [2.45, 2.75) is 56.9 Å². The molecule has 2 aliphatic rings. The van der Waals surface area contributed by atoms with E-state index < -0.39 is 41.5 Å². The number of Topliss-reactive ketones (excluding diaryl/α,β-unsaturated/α-hetero) is 1. The van der Waals surface area contributed by atoms with E-state index in [1.165, 1.54) is 48.6 Å². The Morgan fingerprint density at radius 1 is 1.17 bits per heavy atom. The first kappa shape index (κ1) is 27.7. The molecule has 1 saturated heterocycles. The van der Waals surface area contributed by atoms with Crippen molar-refractivity contribution in [3.8, 4) is 10.6 Å². The number of nitrogens with one attached hydrogen (secondary N) is 1. The van der Waals surface area contributed by atoms with Crippen molar-refractivity contribution in [2.24, 2.45) is 7.05 Å². The molecule has 1 amide bonds. The number of alkyl halides is 3. The van der Waals surface area contributed by atoms with Gasteiger partial charge in [0.2, 0.25) is 5.95 Å². The van der Waals surface area contributed by atoms with Crippen molar-refractivity contribution < 1.29 is 22.8 Å². The van der Waals surface area contributed by atoms with Crippen molar-refractivity contribution in [3.63, 3.8) is 0 Å². The van der Waals surface area contributed by atoms with E-state index in [9.17, 15) is 32.3 Å². The third kappa shape index (κ3) is 4.56. The van der Waals surface area contributed by atoms with Gasteiger partial charge in [-0.3, -0.25) is 23.5 Å². The minimum Gasteiger partial charge on any atom is -0.329 e. The van der Waals surface area contributed by atoms with Crippen LogP contribution in [0.3, 0.4) is 0 Å². The molecule has 5 heterocycles. The Morgan fingerprint density at radius 2 is 1.88 bits per heavy atom. The number of aromatic nitrogens is 7. The zero-order valence-corrected chi connectivity index (χ0v) is 23.2. The molecule has 4 aromatic heterocycles. The Balaban J connectivity index is 1.23. The number of carbonyl (C=O) groups is 2. The molecule has 42 heavy (non-hydrogen) atoms. The summed E-state index contributed by atoms with van der Waals surface area (Å²) in [4.78, 5) is 69.1. The fraction of sp³-hybridized carbons (Fsp3) is 0.440. The van der Waals surface area contributed by atoms with Gasteiger partial charge < -0.3 is 14.8 Å². The number of carbonyl (C=O) groups excluding carboxylic acids is 2. The van der Waals surface area contributed by atoms with E-state index in [4.69, 9.17) is 0 Å². The van der Waals surface area contributed by atoms with Gasteiger partial charge in [-0.2, -0.15) is 13.2 Å². The Kier molecular flexibility index (Phi) is 6.51. The number of hydrogen-bond donors (Lipinski definition) is 1. The first-order chi connectivity index (χ1) is 19.9. The lowest BCUT2D eigenvalue weighted by atomic mass is 10.2. The Morgan fingerprint density at radius 3 is 2.52 bits per heavy atom. The van der Waals surface area contributed by atoms with Crippen LogP contribution in [0.15, 0.2) is 33.7 Å². The molecule has 4 aromatic rings. The number of halogens is 3. The minimum absolute atomic E-state index is 0.00677. The van der Waals surface area contributed by atoms with Crippen LogP contribution in [-0.4, -0.2) is 64.1 Å². The van der Waals surface area contributed by atoms with Crippen molar-refractivity contribution in [1.29, 1.82) is 0 Å². The Labute approximate surface area is 238 Å². The number of amides is 1. The molecule has 1 saturated carbocycles. The van der Waals surface area contributed by atoms with Crippen molar-refractivity contribution in [3.05, 3.63) is 44.9 Å². The molecule has 6 rings (SSSR count). The normalized spacial score (nSPS) is 18.0. The van der Waals surface area contributed by atoms with E-state index in [1.807, 2.05) is 0 Å². The highest BCUT2D eigenvalue weighted by Crippen LogP contribution is 2.45. The molecule has 0 aromatic carbocycles. The molecule has 13 nitrogen and oxygen atoms in total. The highest BCUT2D eigenvalue weighted by molar-refractivity contribution is 7.13. The summed E-state index contributed by atoms with van der Waals surface area (Å²) in [7, 11) is 1.44. The molecule has 0 unspecified atom stereocenters. The number of thiazole rings is 1. The minimum atomic E-state index is -4.37. The van der Waals surface area contributed by atoms with E-state index in [0.29, 0.717) is 29.8 Å². The Hall–Kier alpha value is -4.41. The second-order valence-corrected chi connectivity index (χ2v) is 11.3. The lowest BCUT2D eigenvalue weighted by Gasteiger charge is -2.26. The zero-order chi connectivity index (χ0) is 30.0. The van der Waals surface area contributed by atoms with Gasteiger partial charge in [-0.05, 0) is 32.6 Å². The molecular formula is C25H24F3N9O4S. The number of rotatable bonds is 7. The largest absolute Gasteiger partial charge is 0.408 e. The first-order valence-corrected chi connectivity index (χ1v) is 13.9. The first-order valence-electron chi connectivity index (χ1n) is 13.0. The highest BCUT2D eigenvalue weighted by Gasteiger charge is 2.53. The van der Waals surface area contributed by atoms with Gasteiger partial charge >= 0.3 is 11.9 Å². The van der Waals surface area contributed by atoms with Crippen molar-refractivity contribution in [2.75, 3.05) is 16.8 Å². The van der Waals surface area contributed by atoms with Gasteiger partial charge in [0, 0.05) is 36.9 Å². The number of aryl methyl sites for hydroxylation is 1. The number of ketones is 1. The average molecular weight is 604 g/mol. The molecular weight excluding hydrogens is 579 g/mol. The van der Waals surface area contributed by atoms with Crippen LogP contribution in [0.4, 0.5) is 24.9 Å². The summed E-state index contributed by atoms with van der Waals surface area (Å²) in [5, 5.41) is 4.82. The monoisotopic (exact) mass is 603 g/mol. The van der Waals surface area contributed by atoms with Gasteiger partial charge in [0.05, 0.1) is 12.9 Å². The van der Waals surface area contributed by atoms with Gasteiger partial charge in [-0.1, -0.05) is 0 Å². The van der Waals surface area contributed by atoms with Crippen LogP contribution in [0.1, 0.15) is 32.6 Å². The third-order valence-corrected chi connectivity index (χ3v) is 8.43. The predicted molar refractivity (Wildman–Crippen MR) is 145 cm³/mol. The smallest absolute Gasteiger partial charge is 0.329 e. The van der Waals surface area contributed by atoms with E-state index in [0.717, 1.165) is 14.0 Å². The Bertz CT molecular complexity index is 1840. The van der Waals surface area contributed by atoms with Crippen LogP contribution in [0, 0.1) is 0 Å². The number of fused-ring (bicyclic) bond motifs is 1. The fourth-order valence-corrected chi connectivity index (χ4v) is 6.00.